The molecule has 3 fully saturated rings. The Kier molecular flexibility index (Phi) is 11.3. The quantitative estimate of drug-likeness (QED) is 0.271. The van der Waals surface area contributed by atoms with Crippen molar-refractivity contribution in [1.82, 2.24) is 30.2 Å². The first-order chi connectivity index (χ1) is 26.7. The van der Waals surface area contributed by atoms with Crippen LogP contribution in [-0.4, -0.2) is 89.0 Å². The number of carbonyl (C=O) groups is 4. The van der Waals surface area contributed by atoms with Crippen molar-refractivity contribution in [2.75, 3.05) is 6.54 Å². The summed E-state index contributed by atoms with van der Waals surface area (Å²) in [5, 5.41) is 7.10. The number of thiophene rings is 1. The van der Waals surface area contributed by atoms with E-state index in [4.69, 9.17) is 19.4 Å². The van der Waals surface area contributed by atoms with E-state index in [2.05, 4.69) is 10.6 Å². The molecule has 2 saturated carbocycles. The Hall–Kier alpha value is -4.78. The van der Waals surface area contributed by atoms with E-state index in [-0.39, 0.29) is 37.8 Å². The molecule has 7 rings (SSSR count). The average Bonchev–Trinajstić information content (AvgIpc) is 3.65. The SMILES string of the molecule is O=C(N[C@@H]1CCCCC/C=C\C2C[C@@]2(C(=O)NS(=O)(=O)C(F)(F)F)NC(=O)[C@@H]2C[C@@H](Oc3nc4ccccc4nc3-c3cccs3)CN2C1=O)OC1CCCC1. The summed E-state index contributed by atoms with van der Waals surface area (Å²) in [5.74, 6) is -3.76. The first kappa shape index (κ1) is 39.5. The predicted molar refractivity (Wildman–Crippen MR) is 197 cm³/mol. The number of para-hydroxylation sites is 2. The molecule has 1 unspecified atom stereocenters. The lowest BCUT2D eigenvalue weighted by Crippen LogP contribution is -2.58. The summed E-state index contributed by atoms with van der Waals surface area (Å²) in [6, 6.07) is 8.40. The van der Waals surface area contributed by atoms with E-state index in [9.17, 15) is 40.8 Å². The maximum Gasteiger partial charge on any atom is 0.516 e. The molecular formula is C37H41F3N6O8S2. The highest BCUT2D eigenvalue weighted by atomic mass is 32.2. The number of amides is 4. The molecule has 3 aromatic rings. The second-order valence-electron chi connectivity index (χ2n) is 14.6. The van der Waals surface area contributed by atoms with Gasteiger partial charge in [0.2, 0.25) is 17.7 Å². The minimum atomic E-state index is -6.10. The molecule has 5 atom stereocenters. The zero-order chi connectivity index (χ0) is 39.7. The lowest BCUT2D eigenvalue weighted by molar-refractivity contribution is -0.141. The number of sulfonamides is 1. The Morgan fingerprint density at radius 1 is 0.964 bits per heavy atom. The van der Waals surface area contributed by atoms with E-state index in [1.54, 1.807) is 30.4 Å². The fraction of sp³-hybridized carbons (Fsp3) is 0.514. The summed E-state index contributed by atoms with van der Waals surface area (Å²) in [7, 11) is -6.10. The van der Waals surface area contributed by atoms with Gasteiger partial charge in [0.25, 0.3) is 5.91 Å². The van der Waals surface area contributed by atoms with Crippen LogP contribution in [0.4, 0.5) is 18.0 Å². The predicted octanol–water partition coefficient (Wildman–Crippen LogP) is 5.11. The molecule has 0 bridgehead atoms. The van der Waals surface area contributed by atoms with Gasteiger partial charge >= 0.3 is 21.6 Å². The lowest BCUT2D eigenvalue weighted by Gasteiger charge is -2.30. The monoisotopic (exact) mass is 818 g/mol. The number of benzene rings is 1. The van der Waals surface area contributed by atoms with Gasteiger partial charge in [-0.1, -0.05) is 43.2 Å². The normalized spacial score (nSPS) is 26.9. The first-order valence-electron chi connectivity index (χ1n) is 18.6. The fourth-order valence-electron chi connectivity index (χ4n) is 7.57. The number of aromatic nitrogens is 2. The van der Waals surface area contributed by atoms with Crippen molar-refractivity contribution in [1.29, 1.82) is 0 Å². The number of carbonyl (C=O) groups excluding carboxylic acids is 4. The summed E-state index contributed by atoms with van der Waals surface area (Å²) < 4.78 is 77.2. The van der Waals surface area contributed by atoms with Gasteiger partial charge in [-0.3, -0.25) is 14.4 Å². The number of alkyl carbamates (subject to hydrolysis) is 1. The molecule has 4 amide bonds. The van der Waals surface area contributed by atoms with E-state index >= 15 is 0 Å². The fourth-order valence-corrected chi connectivity index (χ4v) is 8.82. The van der Waals surface area contributed by atoms with Crippen LogP contribution in [0.15, 0.2) is 53.9 Å². The van der Waals surface area contributed by atoms with Gasteiger partial charge < -0.3 is 25.0 Å². The topological polar surface area (TPSA) is 186 Å². The molecule has 1 aromatic carbocycles. The van der Waals surface area contributed by atoms with Gasteiger partial charge in [0, 0.05) is 12.3 Å². The number of rotatable bonds is 7. The van der Waals surface area contributed by atoms with Crippen molar-refractivity contribution in [3.63, 3.8) is 0 Å². The average molecular weight is 819 g/mol. The molecule has 19 heteroatoms. The smallest absolute Gasteiger partial charge is 0.471 e. The molecule has 2 aromatic heterocycles. The summed E-state index contributed by atoms with van der Waals surface area (Å²) in [6.45, 7) is -0.170. The second-order valence-corrected chi connectivity index (χ2v) is 17.2. The number of halogens is 3. The van der Waals surface area contributed by atoms with Gasteiger partial charge in [0.15, 0.2) is 0 Å². The van der Waals surface area contributed by atoms with E-state index in [1.807, 2.05) is 23.6 Å². The molecule has 0 radical (unpaired) electrons. The highest BCUT2D eigenvalue weighted by Gasteiger charge is 2.63. The van der Waals surface area contributed by atoms with Crippen LogP contribution in [0.5, 0.6) is 5.88 Å². The largest absolute Gasteiger partial charge is 0.516 e. The third-order valence-corrected chi connectivity index (χ3v) is 12.6. The van der Waals surface area contributed by atoms with E-state index in [0.717, 1.165) is 22.4 Å². The molecule has 3 N–H and O–H groups in total. The van der Waals surface area contributed by atoms with Crippen LogP contribution in [0.25, 0.3) is 21.6 Å². The Bertz CT molecular complexity index is 2110. The van der Waals surface area contributed by atoms with Gasteiger partial charge in [0.1, 0.15) is 35.5 Å². The zero-order valence-corrected chi connectivity index (χ0v) is 31.8. The van der Waals surface area contributed by atoms with Crippen molar-refractivity contribution in [2.24, 2.45) is 5.92 Å². The summed E-state index contributed by atoms with van der Waals surface area (Å²) >= 11 is 1.41. The second kappa shape index (κ2) is 16.0. The first-order valence-corrected chi connectivity index (χ1v) is 21.0. The van der Waals surface area contributed by atoms with Crippen LogP contribution < -0.4 is 20.1 Å². The molecule has 1 saturated heterocycles. The van der Waals surface area contributed by atoms with Gasteiger partial charge in [-0.25, -0.2) is 19.5 Å². The van der Waals surface area contributed by atoms with Crippen LogP contribution in [0.2, 0.25) is 0 Å². The van der Waals surface area contributed by atoms with Gasteiger partial charge in [0.05, 0.1) is 22.5 Å². The van der Waals surface area contributed by atoms with Crippen molar-refractivity contribution < 1.29 is 50.2 Å². The highest BCUT2D eigenvalue weighted by Crippen LogP contribution is 2.46. The van der Waals surface area contributed by atoms with Crippen molar-refractivity contribution in [3.8, 4) is 16.5 Å². The van der Waals surface area contributed by atoms with Crippen LogP contribution in [0.1, 0.15) is 70.6 Å². The number of fused-ring (bicyclic) bond motifs is 3. The minimum absolute atomic E-state index is 0.141. The maximum absolute atomic E-state index is 14.5. The Balaban J connectivity index is 1.21. The number of ether oxygens (including phenoxy) is 2. The van der Waals surface area contributed by atoms with Crippen molar-refractivity contribution >= 4 is 56.2 Å². The Labute approximate surface area is 324 Å². The summed E-state index contributed by atoms with van der Waals surface area (Å²) in [4.78, 5) is 66.8. The van der Waals surface area contributed by atoms with Crippen molar-refractivity contribution in [2.45, 2.75) is 106 Å². The number of hydrogen-bond donors (Lipinski definition) is 3. The van der Waals surface area contributed by atoms with Crippen LogP contribution in [0.3, 0.4) is 0 Å². The minimum Gasteiger partial charge on any atom is -0.471 e. The van der Waals surface area contributed by atoms with Crippen LogP contribution in [-0.2, 0) is 29.1 Å². The molecular weight excluding hydrogens is 778 g/mol. The molecule has 0 spiro atoms. The number of hydrogen-bond acceptors (Lipinski definition) is 11. The molecule has 4 heterocycles. The lowest BCUT2D eigenvalue weighted by atomic mass is 10.0. The number of allylic oxidation sites excluding steroid dienone is 1. The molecule has 2 aliphatic heterocycles. The standard InChI is InChI=1S/C37H41F3N6O8S2/c38-37(39,40)56(51,52)45-34(49)36-20-22(36)11-4-2-1-3-5-16-27(43-35(50)54-23-12-6-7-13-23)33(48)46-21-24(19-28(46)31(47)44-36)53-32-30(29-17-10-18-55-29)41-25-14-8-9-15-26(25)42-32/h4,8-11,14-15,17-18,22-24,27-28H,1-3,5-7,12-13,16,19-21H2,(H,43,50)(H,44,47)(H,45,49)/b11-4-/t22?,24-,27-,28+,36-/m1/s1. The Morgan fingerprint density at radius 3 is 2.41 bits per heavy atom. The Morgan fingerprint density at radius 2 is 1.70 bits per heavy atom. The molecule has 14 nitrogen and oxygen atoms in total. The molecule has 56 heavy (non-hydrogen) atoms. The van der Waals surface area contributed by atoms with Gasteiger partial charge in [-0.15, -0.1) is 11.3 Å². The van der Waals surface area contributed by atoms with E-state index in [0.29, 0.717) is 55.3 Å². The molecule has 300 valence electrons. The maximum atomic E-state index is 14.5. The molecule has 2 aliphatic carbocycles. The highest BCUT2D eigenvalue weighted by molar-refractivity contribution is 7.90. The number of nitrogens with one attached hydrogen (secondary N) is 3. The molecule has 4 aliphatic rings. The van der Waals surface area contributed by atoms with Crippen LogP contribution >= 0.6 is 11.3 Å². The number of nitrogens with zero attached hydrogens (tertiary/aromatic N) is 3. The third-order valence-electron chi connectivity index (χ3n) is 10.6. The third kappa shape index (κ3) is 8.47. The van der Waals surface area contributed by atoms with E-state index < -0.39 is 69.0 Å². The van der Waals surface area contributed by atoms with Crippen LogP contribution in [0, 0.1) is 5.92 Å². The van der Waals surface area contributed by atoms with Gasteiger partial charge in [-0.05, 0) is 74.9 Å². The zero-order valence-electron chi connectivity index (χ0n) is 30.1. The summed E-state index contributed by atoms with van der Waals surface area (Å²) in [6.07, 6.45) is 6.86. The van der Waals surface area contributed by atoms with E-state index in [1.165, 1.54) is 16.2 Å². The van der Waals surface area contributed by atoms with Crippen molar-refractivity contribution in [3.05, 3.63) is 53.9 Å². The number of alkyl halides is 3. The summed E-state index contributed by atoms with van der Waals surface area (Å²) in [5.41, 5.74) is -6.25. The van der Waals surface area contributed by atoms with Gasteiger partial charge in [-0.2, -0.15) is 21.6 Å².